The second kappa shape index (κ2) is 8.08. The molecule has 0 aliphatic heterocycles. The van der Waals surface area contributed by atoms with Gasteiger partial charge in [-0.05, 0) is 48.7 Å². The van der Waals surface area contributed by atoms with Crippen molar-refractivity contribution in [2.45, 2.75) is 20.3 Å². The summed E-state index contributed by atoms with van der Waals surface area (Å²) in [6.07, 6.45) is 1.03. The first-order chi connectivity index (χ1) is 10.7. The fourth-order valence-corrected chi connectivity index (χ4v) is 2.05. The number of hydrogen-bond donors (Lipinski definition) is 2. The van der Waals surface area contributed by atoms with Crippen LogP contribution in [0.25, 0.3) is 0 Å². The van der Waals surface area contributed by atoms with Gasteiger partial charge in [0.25, 0.3) is 0 Å². The number of nitrogens with two attached hydrogens (primary N) is 1. The largest absolute Gasteiger partial charge is 0.492 e. The summed E-state index contributed by atoms with van der Waals surface area (Å²) >= 11 is 0. The van der Waals surface area contributed by atoms with Gasteiger partial charge in [0, 0.05) is 5.69 Å². The van der Waals surface area contributed by atoms with Crippen LogP contribution in [0.1, 0.15) is 18.1 Å². The van der Waals surface area contributed by atoms with Crippen molar-refractivity contribution >= 4 is 11.6 Å². The van der Waals surface area contributed by atoms with Crippen molar-refractivity contribution in [1.29, 1.82) is 0 Å². The van der Waals surface area contributed by atoms with Crippen LogP contribution >= 0.6 is 0 Å². The van der Waals surface area contributed by atoms with Gasteiger partial charge in [0.2, 0.25) is 0 Å². The summed E-state index contributed by atoms with van der Waals surface area (Å²) in [6.45, 7) is 5.18. The summed E-state index contributed by atoms with van der Waals surface area (Å²) in [6, 6.07) is 16.1. The molecule has 0 saturated heterocycles. The van der Waals surface area contributed by atoms with Crippen LogP contribution in [0.2, 0.25) is 0 Å². The Morgan fingerprint density at radius 3 is 2.64 bits per heavy atom. The molecule has 0 saturated carbocycles. The molecule has 0 amide bonds. The number of guanidine groups is 1. The predicted molar refractivity (Wildman–Crippen MR) is 92.6 cm³/mol. The molecule has 3 N–H and O–H groups in total. The minimum atomic E-state index is 0.400. The SMILES string of the molecule is CCc1ccc(NC(N)=NCCOc2cccc(C)c2)cc1. The van der Waals surface area contributed by atoms with Gasteiger partial charge >= 0.3 is 0 Å². The minimum Gasteiger partial charge on any atom is -0.492 e. The quantitative estimate of drug-likeness (QED) is 0.488. The number of hydrogen-bond acceptors (Lipinski definition) is 2. The average molecular weight is 297 g/mol. The first-order valence-corrected chi connectivity index (χ1v) is 7.52. The van der Waals surface area contributed by atoms with Gasteiger partial charge in [-0.25, -0.2) is 4.99 Å². The van der Waals surface area contributed by atoms with E-state index in [1.165, 1.54) is 11.1 Å². The maximum Gasteiger partial charge on any atom is 0.193 e. The van der Waals surface area contributed by atoms with E-state index in [4.69, 9.17) is 10.5 Å². The van der Waals surface area contributed by atoms with Crippen molar-refractivity contribution in [3.63, 3.8) is 0 Å². The molecule has 0 heterocycles. The predicted octanol–water partition coefficient (Wildman–Crippen LogP) is 3.36. The Hall–Kier alpha value is -2.49. The smallest absolute Gasteiger partial charge is 0.193 e. The van der Waals surface area contributed by atoms with E-state index in [1.54, 1.807) is 0 Å². The fourth-order valence-electron chi connectivity index (χ4n) is 2.05. The Balaban J connectivity index is 1.77. The summed E-state index contributed by atoms with van der Waals surface area (Å²) in [5.41, 5.74) is 9.28. The number of anilines is 1. The maximum absolute atomic E-state index is 5.86. The Labute approximate surface area is 132 Å². The number of ether oxygens (including phenoxy) is 1. The van der Waals surface area contributed by atoms with Crippen LogP contribution in [-0.4, -0.2) is 19.1 Å². The molecule has 0 aromatic heterocycles. The molecule has 0 radical (unpaired) electrons. The van der Waals surface area contributed by atoms with Crippen LogP contribution < -0.4 is 15.8 Å². The van der Waals surface area contributed by atoms with Crippen LogP contribution in [0.15, 0.2) is 53.5 Å². The first-order valence-electron chi connectivity index (χ1n) is 7.52. The molecule has 0 atom stereocenters. The summed E-state index contributed by atoms with van der Waals surface area (Å²) in [5, 5.41) is 3.07. The lowest BCUT2D eigenvalue weighted by Crippen LogP contribution is -2.23. The van der Waals surface area contributed by atoms with Gasteiger partial charge in [0.05, 0.1) is 6.54 Å². The van der Waals surface area contributed by atoms with E-state index in [0.29, 0.717) is 19.1 Å². The maximum atomic E-state index is 5.86. The second-order valence-electron chi connectivity index (χ2n) is 5.11. The summed E-state index contributed by atoms with van der Waals surface area (Å²) < 4.78 is 5.63. The third kappa shape index (κ3) is 5.13. The highest BCUT2D eigenvalue weighted by atomic mass is 16.5. The highest BCUT2D eigenvalue weighted by molar-refractivity contribution is 5.92. The molecule has 2 aromatic carbocycles. The topological polar surface area (TPSA) is 59.6 Å². The second-order valence-corrected chi connectivity index (χ2v) is 5.11. The molecule has 4 nitrogen and oxygen atoms in total. The Kier molecular flexibility index (Phi) is 5.83. The Morgan fingerprint density at radius 2 is 1.95 bits per heavy atom. The van der Waals surface area contributed by atoms with Crippen LogP contribution in [0.3, 0.4) is 0 Å². The highest BCUT2D eigenvalue weighted by Gasteiger charge is 1.96. The van der Waals surface area contributed by atoms with Gasteiger partial charge in [-0.1, -0.05) is 31.2 Å². The molecular formula is C18H23N3O. The molecule has 0 aliphatic carbocycles. The molecule has 0 bridgehead atoms. The molecule has 0 fully saturated rings. The lowest BCUT2D eigenvalue weighted by atomic mass is 10.1. The van der Waals surface area contributed by atoms with E-state index in [0.717, 1.165) is 17.9 Å². The van der Waals surface area contributed by atoms with E-state index in [1.807, 2.05) is 43.3 Å². The summed E-state index contributed by atoms with van der Waals surface area (Å²) in [4.78, 5) is 4.26. The standard InChI is InChI=1S/C18H23N3O/c1-3-15-7-9-16(10-8-15)21-18(19)20-11-12-22-17-6-4-5-14(2)13-17/h4-10,13H,3,11-12H2,1-2H3,(H3,19,20,21). The number of aliphatic imine (C=N–C) groups is 1. The van der Waals surface area contributed by atoms with Crippen molar-refractivity contribution in [3.05, 3.63) is 59.7 Å². The summed E-state index contributed by atoms with van der Waals surface area (Å²) in [7, 11) is 0. The number of nitrogens with zero attached hydrogens (tertiary/aromatic N) is 1. The third-order valence-electron chi connectivity index (χ3n) is 3.27. The summed E-state index contributed by atoms with van der Waals surface area (Å²) in [5.74, 6) is 1.26. The van der Waals surface area contributed by atoms with Gasteiger partial charge in [0.15, 0.2) is 5.96 Å². The van der Waals surface area contributed by atoms with Gasteiger partial charge in [-0.3, -0.25) is 0 Å². The van der Waals surface area contributed by atoms with Crippen molar-refractivity contribution in [1.82, 2.24) is 0 Å². The zero-order chi connectivity index (χ0) is 15.8. The van der Waals surface area contributed by atoms with Gasteiger partial charge < -0.3 is 15.8 Å². The lowest BCUT2D eigenvalue weighted by Gasteiger charge is -2.07. The van der Waals surface area contributed by atoms with E-state index < -0.39 is 0 Å². The van der Waals surface area contributed by atoms with E-state index in [9.17, 15) is 0 Å². The number of benzene rings is 2. The zero-order valence-corrected chi connectivity index (χ0v) is 13.2. The Morgan fingerprint density at radius 1 is 1.18 bits per heavy atom. The molecule has 0 aliphatic rings. The molecule has 0 spiro atoms. The van der Waals surface area contributed by atoms with Crippen molar-refractivity contribution < 1.29 is 4.74 Å². The van der Waals surface area contributed by atoms with Crippen LogP contribution in [-0.2, 0) is 6.42 Å². The van der Waals surface area contributed by atoms with E-state index in [2.05, 4.69) is 29.4 Å². The lowest BCUT2D eigenvalue weighted by molar-refractivity contribution is 0.328. The minimum absolute atomic E-state index is 0.400. The van der Waals surface area contributed by atoms with Crippen molar-refractivity contribution in [3.8, 4) is 5.75 Å². The fraction of sp³-hybridized carbons (Fsp3) is 0.278. The number of nitrogens with one attached hydrogen (secondary N) is 1. The van der Waals surface area contributed by atoms with Crippen LogP contribution in [0.4, 0.5) is 5.69 Å². The normalized spacial score (nSPS) is 11.3. The molecular weight excluding hydrogens is 274 g/mol. The van der Waals surface area contributed by atoms with Crippen molar-refractivity contribution in [2.24, 2.45) is 10.7 Å². The van der Waals surface area contributed by atoms with Crippen LogP contribution in [0.5, 0.6) is 5.75 Å². The number of aryl methyl sites for hydroxylation is 2. The average Bonchev–Trinajstić information content (AvgIpc) is 2.52. The van der Waals surface area contributed by atoms with Gasteiger partial charge in [0.1, 0.15) is 12.4 Å². The van der Waals surface area contributed by atoms with Gasteiger partial charge in [-0.2, -0.15) is 0 Å². The Bertz CT molecular complexity index is 620. The highest BCUT2D eigenvalue weighted by Crippen LogP contribution is 2.12. The molecule has 22 heavy (non-hydrogen) atoms. The number of rotatable bonds is 6. The zero-order valence-electron chi connectivity index (χ0n) is 13.2. The first kappa shape index (κ1) is 15.9. The van der Waals surface area contributed by atoms with Gasteiger partial charge in [-0.15, -0.1) is 0 Å². The molecule has 116 valence electrons. The molecule has 4 heteroatoms. The molecule has 2 aromatic rings. The molecule has 0 unspecified atom stereocenters. The third-order valence-corrected chi connectivity index (χ3v) is 3.27. The van der Waals surface area contributed by atoms with Crippen molar-refractivity contribution in [2.75, 3.05) is 18.5 Å². The van der Waals surface area contributed by atoms with E-state index in [-0.39, 0.29) is 0 Å². The van der Waals surface area contributed by atoms with Crippen LogP contribution in [0, 0.1) is 6.92 Å². The molecule has 2 rings (SSSR count). The monoisotopic (exact) mass is 297 g/mol. The van der Waals surface area contributed by atoms with E-state index >= 15 is 0 Å².